The van der Waals surface area contributed by atoms with E-state index >= 15 is 0 Å². The number of rotatable bonds is 12. The number of ether oxygens (including phenoxy) is 2. The maximum absolute atomic E-state index is 13.1. The first-order valence-electron chi connectivity index (χ1n) is 10.9. The molecule has 2 rings (SSSR count). The first kappa shape index (κ1) is 25.5. The molecular weight excluding hydrogens is 428 g/mol. The van der Waals surface area contributed by atoms with E-state index in [1.165, 1.54) is 0 Å². The molecule has 2 aromatic rings. The second kappa shape index (κ2) is 13.0. The number of methoxy groups -OCH3 is 1. The molecule has 0 aliphatic carbocycles. The van der Waals surface area contributed by atoms with Crippen LogP contribution in [-0.2, 0) is 16.1 Å². The predicted molar refractivity (Wildman–Crippen MR) is 127 cm³/mol. The smallest absolute Gasteiger partial charge is 0.243 e. The van der Waals surface area contributed by atoms with E-state index < -0.39 is 6.04 Å². The molecule has 1 atom stereocenters. The highest BCUT2D eigenvalue weighted by Crippen LogP contribution is 2.19. The number of benzene rings is 2. The van der Waals surface area contributed by atoms with Crippen molar-refractivity contribution in [3.05, 3.63) is 59.1 Å². The monoisotopic (exact) mass is 460 g/mol. The number of halogens is 1. The van der Waals surface area contributed by atoms with E-state index in [9.17, 15) is 9.59 Å². The third kappa shape index (κ3) is 8.08. The topological polar surface area (TPSA) is 67.9 Å². The van der Waals surface area contributed by atoms with Gasteiger partial charge in [-0.2, -0.15) is 0 Å². The summed E-state index contributed by atoms with van der Waals surface area (Å²) in [5.74, 6) is 1.26. The predicted octanol–water partition coefficient (Wildman–Crippen LogP) is 4.84. The summed E-state index contributed by atoms with van der Waals surface area (Å²) in [6.45, 7) is 6.49. The van der Waals surface area contributed by atoms with Gasteiger partial charge in [-0.3, -0.25) is 9.59 Å². The largest absolute Gasteiger partial charge is 0.497 e. The molecule has 0 radical (unpaired) electrons. The highest BCUT2D eigenvalue weighted by Gasteiger charge is 2.28. The molecule has 1 unspecified atom stereocenters. The Morgan fingerprint density at radius 1 is 1.03 bits per heavy atom. The van der Waals surface area contributed by atoms with Gasteiger partial charge in [0.15, 0.2) is 0 Å². The lowest BCUT2D eigenvalue weighted by atomic mass is 10.1. The van der Waals surface area contributed by atoms with Crippen molar-refractivity contribution < 1.29 is 19.1 Å². The number of carbonyl (C=O) groups excluding carboxylic acids is 2. The van der Waals surface area contributed by atoms with Crippen LogP contribution in [0.1, 0.15) is 45.6 Å². The van der Waals surface area contributed by atoms with Gasteiger partial charge in [0.1, 0.15) is 17.5 Å². The minimum Gasteiger partial charge on any atom is -0.497 e. The fourth-order valence-electron chi connectivity index (χ4n) is 3.32. The van der Waals surface area contributed by atoms with Gasteiger partial charge in [0.05, 0.1) is 13.7 Å². The van der Waals surface area contributed by atoms with E-state index in [-0.39, 0.29) is 24.3 Å². The van der Waals surface area contributed by atoms with Crippen LogP contribution in [0.4, 0.5) is 0 Å². The third-order valence-electron chi connectivity index (χ3n) is 4.95. The Hall–Kier alpha value is -2.73. The Labute approximate surface area is 195 Å². The van der Waals surface area contributed by atoms with Crippen LogP contribution in [0, 0.1) is 0 Å². The normalized spacial score (nSPS) is 11.7. The van der Waals surface area contributed by atoms with Crippen molar-refractivity contribution >= 4 is 23.4 Å². The van der Waals surface area contributed by atoms with Crippen molar-refractivity contribution in [2.24, 2.45) is 0 Å². The van der Waals surface area contributed by atoms with Crippen LogP contribution in [0.3, 0.4) is 0 Å². The summed E-state index contributed by atoms with van der Waals surface area (Å²) >= 11 is 5.99. The molecule has 1 N–H and O–H groups in total. The summed E-state index contributed by atoms with van der Waals surface area (Å²) in [5.41, 5.74) is 0.924. The Balaban J connectivity index is 2.02. The molecule has 0 aliphatic rings. The first-order chi connectivity index (χ1) is 15.3. The van der Waals surface area contributed by atoms with Crippen molar-refractivity contribution in [1.82, 2.24) is 10.2 Å². The van der Waals surface area contributed by atoms with Gasteiger partial charge in [-0.1, -0.05) is 30.7 Å². The number of amides is 2. The minimum atomic E-state index is -0.539. The van der Waals surface area contributed by atoms with E-state index in [0.29, 0.717) is 31.0 Å². The molecule has 0 aliphatic heterocycles. The highest BCUT2D eigenvalue weighted by molar-refractivity contribution is 6.30. The van der Waals surface area contributed by atoms with Crippen LogP contribution in [0.25, 0.3) is 0 Å². The van der Waals surface area contributed by atoms with Crippen molar-refractivity contribution in [2.45, 2.75) is 58.7 Å². The van der Waals surface area contributed by atoms with Gasteiger partial charge in [-0.05, 0) is 68.7 Å². The van der Waals surface area contributed by atoms with E-state index in [1.54, 1.807) is 24.1 Å². The summed E-state index contributed by atoms with van der Waals surface area (Å²) in [6.07, 6.45) is 1.36. The fourth-order valence-corrected chi connectivity index (χ4v) is 3.44. The standard InChI is InChI=1S/C25H33ClN2O4/c1-5-23(25(30)27-18(2)3)28(17-19-8-10-20(26)11-9-19)24(29)7-6-16-32-22-14-12-21(31-4)13-15-22/h8-15,18,23H,5-7,16-17H2,1-4H3,(H,27,30). The average Bonchev–Trinajstić information content (AvgIpc) is 2.77. The summed E-state index contributed by atoms with van der Waals surface area (Å²) in [6, 6.07) is 14.1. The molecule has 0 saturated heterocycles. The van der Waals surface area contributed by atoms with Crippen molar-refractivity contribution in [1.29, 1.82) is 0 Å². The fraction of sp³-hybridized carbons (Fsp3) is 0.440. The summed E-state index contributed by atoms with van der Waals surface area (Å²) in [7, 11) is 1.61. The summed E-state index contributed by atoms with van der Waals surface area (Å²) < 4.78 is 10.9. The zero-order valence-corrected chi connectivity index (χ0v) is 20.0. The zero-order valence-electron chi connectivity index (χ0n) is 19.3. The van der Waals surface area contributed by atoms with E-state index in [4.69, 9.17) is 21.1 Å². The second-order valence-corrected chi connectivity index (χ2v) is 8.30. The highest BCUT2D eigenvalue weighted by atomic mass is 35.5. The Morgan fingerprint density at radius 3 is 2.22 bits per heavy atom. The lowest BCUT2D eigenvalue weighted by Gasteiger charge is -2.31. The van der Waals surface area contributed by atoms with Gasteiger partial charge in [0.25, 0.3) is 0 Å². The molecule has 32 heavy (non-hydrogen) atoms. The van der Waals surface area contributed by atoms with Crippen LogP contribution in [0.15, 0.2) is 48.5 Å². The first-order valence-corrected chi connectivity index (χ1v) is 11.3. The van der Waals surface area contributed by atoms with Crippen LogP contribution >= 0.6 is 11.6 Å². The number of nitrogens with one attached hydrogen (secondary N) is 1. The number of carbonyl (C=O) groups is 2. The van der Waals surface area contributed by atoms with Gasteiger partial charge in [-0.25, -0.2) is 0 Å². The maximum Gasteiger partial charge on any atom is 0.243 e. The van der Waals surface area contributed by atoms with Crippen LogP contribution in [0.5, 0.6) is 11.5 Å². The molecule has 7 heteroatoms. The summed E-state index contributed by atoms with van der Waals surface area (Å²) in [5, 5.41) is 3.56. The minimum absolute atomic E-state index is 0.00179. The lowest BCUT2D eigenvalue weighted by Crippen LogP contribution is -2.50. The molecule has 0 heterocycles. The van der Waals surface area contributed by atoms with Crippen molar-refractivity contribution in [3.8, 4) is 11.5 Å². The second-order valence-electron chi connectivity index (χ2n) is 7.86. The zero-order chi connectivity index (χ0) is 23.5. The molecular formula is C25H33ClN2O4. The molecule has 0 saturated carbocycles. The Morgan fingerprint density at radius 2 is 1.66 bits per heavy atom. The summed E-state index contributed by atoms with van der Waals surface area (Å²) in [4.78, 5) is 27.6. The van der Waals surface area contributed by atoms with E-state index in [2.05, 4.69) is 5.32 Å². The van der Waals surface area contributed by atoms with Gasteiger partial charge in [-0.15, -0.1) is 0 Å². The maximum atomic E-state index is 13.1. The molecule has 2 amide bonds. The lowest BCUT2D eigenvalue weighted by molar-refractivity contribution is -0.141. The molecule has 0 aromatic heterocycles. The molecule has 0 spiro atoms. The third-order valence-corrected chi connectivity index (χ3v) is 5.20. The van der Waals surface area contributed by atoms with Crippen LogP contribution in [-0.4, -0.2) is 42.5 Å². The molecule has 6 nitrogen and oxygen atoms in total. The number of nitrogens with zero attached hydrogens (tertiary/aromatic N) is 1. The number of hydrogen-bond acceptors (Lipinski definition) is 4. The van der Waals surface area contributed by atoms with Gasteiger partial charge in [0.2, 0.25) is 11.8 Å². The van der Waals surface area contributed by atoms with Crippen LogP contribution < -0.4 is 14.8 Å². The quantitative estimate of drug-likeness (QED) is 0.460. The van der Waals surface area contributed by atoms with E-state index in [0.717, 1.165) is 17.1 Å². The Kier molecular flexibility index (Phi) is 10.3. The SMILES string of the molecule is CCC(C(=O)NC(C)C)N(Cc1ccc(Cl)cc1)C(=O)CCCOc1ccc(OC)cc1. The van der Waals surface area contributed by atoms with Crippen LogP contribution in [0.2, 0.25) is 5.02 Å². The molecule has 0 fully saturated rings. The van der Waals surface area contributed by atoms with Crippen molar-refractivity contribution in [2.75, 3.05) is 13.7 Å². The Bertz CT molecular complexity index is 853. The molecule has 0 bridgehead atoms. The molecule has 2 aromatic carbocycles. The average molecular weight is 461 g/mol. The molecule has 174 valence electrons. The van der Waals surface area contributed by atoms with Gasteiger partial charge >= 0.3 is 0 Å². The number of hydrogen-bond donors (Lipinski definition) is 1. The van der Waals surface area contributed by atoms with Gasteiger partial charge in [0, 0.05) is 24.0 Å². The van der Waals surface area contributed by atoms with E-state index in [1.807, 2.05) is 57.2 Å². The van der Waals surface area contributed by atoms with Gasteiger partial charge < -0.3 is 19.7 Å². The van der Waals surface area contributed by atoms with Crippen molar-refractivity contribution in [3.63, 3.8) is 0 Å².